The summed E-state index contributed by atoms with van der Waals surface area (Å²) >= 11 is 5.75. The zero-order chi connectivity index (χ0) is 18.5. The number of hydrogen-bond acceptors (Lipinski definition) is 5. The molecule has 0 radical (unpaired) electrons. The van der Waals surface area contributed by atoms with Crippen LogP contribution < -0.4 is 10.9 Å². The average molecular weight is 372 g/mol. The summed E-state index contributed by atoms with van der Waals surface area (Å²) in [6.45, 7) is -0.505. The number of rotatable bonds is 5. The summed E-state index contributed by atoms with van der Waals surface area (Å²) < 4.78 is 5.03. The highest BCUT2D eigenvalue weighted by molar-refractivity contribution is 6.30. The maximum absolute atomic E-state index is 11.9. The van der Waals surface area contributed by atoms with Crippen LogP contribution in [0.15, 0.2) is 53.3 Å². The van der Waals surface area contributed by atoms with Gasteiger partial charge in [-0.2, -0.15) is 0 Å². The number of esters is 1. The van der Waals surface area contributed by atoms with Gasteiger partial charge in [-0.3, -0.25) is 14.4 Å². The van der Waals surface area contributed by atoms with E-state index in [1.54, 1.807) is 48.5 Å². The van der Waals surface area contributed by atoms with E-state index in [0.29, 0.717) is 21.5 Å². The second kappa shape index (κ2) is 7.79. The van der Waals surface area contributed by atoms with Crippen LogP contribution in [0.1, 0.15) is 16.2 Å². The van der Waals surface area contributed by atoms with Crippen LogP contribution in [0.5, 0.6) is 0 Å². The Morgan fingerprint density at radius 1 is 1.12 bits per heavy atom. The zero-order valence-corrected chi connectivity index (χ0v) is 14.2. The van der Waals surface area contributed by atoms with E-state index in [1.807, 2.05) is 0 Å². The molecule has 0 bridgehead atoms. The molecule has 8 heteroatoms. The summed E-state index contributed by atoms with van der Waals surface area (Å²) in [7, 11) is 0. The Hall–Kier alpha value is -3.19. The number of benzene rings is 2. The molecule has 0 aliphatic rings. The van der Waals surface area contributed by atoms with Gasteiger partial charge in [0.05, 0.1) is 10.9 Å². The van der Waals surface area contributed by atoms with Gasteiger partial charge < -0.3 is 15.0 Å². The Bertz CT molecular complexity index is 1010. The SMILES string of the molecule is O=C(CNC(=O)c1ccc(Cl)cc1)OCc1nc2ccccc2c(=O)[nH]1. The fraction of sp³-hybridized carbons (Fsp3) is 0.111. The number of hydrogen-bond donors (Lipinski definition) is 2. The minimum absolute atomic E-state index is 0.199. The second-order valence-corrected chi connectivity index (χ2v) is 5.82. The Morgan fingerprint density at radius 2 is 1.85 bits per heavy atom. The number of aromatic nitrogens is 2. The highest BCUT2D eigenvalue weighted by Gasteiger charge is 2.10. The van der Waals surface area contributed by atoms with Crippen molar-refractivity contribution in [2.45, 2.75) is 6.61 Å². The van der Waals surface area contributed by atoms with Crippen LogP contribution in [-0.4, -0.2) is 28.4 Å². The molecule has 0 saturated carbocycles. The topological polar surface area (TPSA) is 101 Å². The molecule has 0 fully saturated rings. The zero-order valence-electron chi connectivity index (χ0n) is 13.5. The van der Waals surface area contributed by atoms with E-state index in [1.165, 1.54) is 0 Å². The molecule has 0 saturated heterocycles. The molecule has 0 unspecified atom stereocenters. The molecule has 0 aliphatic carbocycles. The van der Waals surface area contributed by atoms with Crippen LogP contribution in [0, 0.1) is 0 Å². The van der Waals surface area contributed by atoms with Crippen molar-refractivity contribution in [1.29, 1.82) is 0 Å². The highest BCUT2D eigenvalue weighted by atomic mass is 35.5. The lowest BCUT2D eigenvalue weighted by Gasteiger charge is -2.07. The molecule has 3 rings (SSSR count). The van der Waals surface area contributed by atoms with Crippen molar-refractivity contribution in [3.63, 3.8) is 0 Å². The number of aromatic amines is 1. The normalized spacial score (nSPS) is 10.5. The Morgan fingerprint density at radius 3 is 2.62 bits per heavy atom. The first-order valence-corrected chi connectivity index (χ1v) is 8.08. The van der Waals surface area contributed by atoms with Crippen molar-refractivity contribution in [2.75, 3.05) is 6.54 Å². The van der Waals surface area contributed by atoms with E-state index in [2.05, 4.69) is 15.3 Å². The number of fused-ring (bicyclic) bond motifs is 1. The standard InChI is InChI=1S/C18H14ClN3O4/c19-12-7-5-11(6-8-12)17(24)20-9-16(23)26-10-15-21-14-4-2-1-3-13(14)18(25)22-15/h1-8H,9-10H2,(H,20,24)(H,21,22,25). The first-order chi connectivity index (χ1) is 12.5. The molecule has 1 amide bonds. The largest absolute Gasteiger partial charge is 0.456 e. The van der Waals surface area contributed by atoms with Crippen molar-refractivity contribution >= 4 is 34.4 Å². The average Bonchev–Trinajstić information content (AvgIpc) is 2.65. The fourth-order valence-electron chi connectivity index (χ4n) is 2.26. The molecule has 132 valence electrons. The monoisotopic (exact) mass is 371 g/mol. The van der Waals surface area contributed by atoms with E-state index in [0.717, 1.165) is 0 Å². The fourth-order valence-corrected chi connectivity index (χ4v) is 2.38. The smallest absolute Gasteiger partial charge is 0.325 e. The Balaban J connectivity index is 1.55. The first kappa shape index (κ1) is 17.6. The third-order valence-electron chi connectivity index (χ3n) is 3.53. The second-order valence-electron chi connectivity index (χ2n) is 5.38. The van der Waals surface area contributed by atoms with E-state index in [-0.39, 0.29) is 24.5 Å². The molecule has 26 heavy (non-hydrogen) atoms. The third kappa shape index (κ3) is 4.25. The van der Waals surface area contributed by atoms with Crippen LogP contribution in [0.3, 0.4) is 0 Å². The van der Waals surface area contributed by atoms with Gasteiger partial charge in [0.15, 0.2) is 0 Å². The lowest BCUT2D eigenvalue weighted by atomic mass is 10.2. The Kier molecular flexibility index (Phi) is 5.28. The van der Waals surface area contributed by atoms with Crippen molar-refractivity contribution in [3.8, 4) is 0 Å². The molecule has 0 spiro atoms. The minimum atomic E-state index is -0.650. The number of carbonyl (C=O) groups excluding carboxylic acids is 2. The van der Waals surface area contributed by atoms with Crippen LogP contribution >= 0.6 is 11.6 Å². The van der Waals surface area contributed by atoms with E-state index >= 15 is 0 Å². The summed E-state index contributed by atoms with van der Waals surface area (Å²) in [5, 5.41) is 3.41. The van der Waals surface area contributed by atoms with Crippen LogP contribution in [0.2, 0.25) is 5.02 Å². The molecule has 1 heterocycles. The summed E-state index contributed by atoms with van der Waals surface area (Å²) in [6.07, 6.45) is 0. The van der Waals surface area contributed by atoms with E-state index in [9.17, 15) is 14.4 Å². The molecule has 0 aliphatic heterocycles. The highest BCUT2D eigenvalue weighted by Crippen LogP contribution is 2.09. The van der Waals surface area contributed by atoms with Gasteiger partial charge in [-0.15, -0.1) is 0 Å². The summed E-state index contributed by atoms with van der Waals surface area (Å²) in [4.78, 5) is 42.4. The number of para-hydroxylation sites is 1. The first-order valence-electron chi connectivity index (χ1n) is 7.70. The summed E-state index contributed by atoms with van der Waals surface area (Å²) in [5.41, 5.74) is 0.582. The van der Waals surface area contributed by atoms with Crippen LogP contribution in [-0.2, 0) is 16.1 Å². The molecule has 2 aromatic carbocycles. The summed E-state index contributed by atoms with van der Waals surface area (Å²) in [5.74, 6) is -0.843. The number of halogens is 1. The van der Waals surface area contributed by atoms with Crippen molar-refractivity contribution < 1.29 is 14.3 Å². The molecule has 2 N–H and O–H groups in total. The molecule has 0 atom stereocenters. The van der Waals surface area contributed by atoms with Crippen LogP contribution in [0.4, 0.5) is 0 Å². The van der Waals surface area contributed by atoms with E-state index in [4.69, 9.17) is 16.3 Å². The molecule has 1 aromatic heterocycles. The maximum Gasteiger partial charge on any atom is 0.325 e. The van der Waals surface area contributed by atoms with E-state index < -0.39 is 11.9 Å². The van der Waals surface area contributed by atoms with Crippen molar-refractivity contribution in [1.82, 2.24) is 15.3 Å². The number of H-pyrrole nitrogens is 1. The third-order valence-corrected chi connectivity index (χ3v) is 3.78. The number of ether oxygens (including phenoxy) is 1. The van der Waals surface area contributed by atoms with Gasteiger partial charge in [0.1, 0.15) is 19.0 Å². The van der Waals surface area contributed by atoms with Crippen molar-refractivity contribution in [2.24, 2.45) is 0 Å². The number of carbonyl (C=O) groups is 2. The molecular weight excluding hydrogens is 358 g/mol. The van der Waals surface area contributed by atoms with Gasteiger partial charge >= 0.3 is 5.97 Å². The molecule has 3 aromatic rings. The van der Waals surface area contributed by atoms with Gasteiger partial charge in [-0.1, -0.05) is 23.7 Å². The molecule has 7 nitrogen and oxygen atoms in total. The molecular formula is C18H14ClN3O4. The van der Waals surface area contributed by atoms with Crippen molar-refractivity contribution in [3.05, 3.63) is 75.3 Å². The number of nitrogens with zero attached hydrogens (tertiary/aromatic N) is 1. The summed E-state index contributed by atoms with van der Waals surface area (Å²) in [6, 6.07) is 13.1. The predicted molar refractivity (Wildman–Crippen MR) is 95.9 cm³/mol. The van der Waals surface area contributed by atoms with Gasteiger partial charge in [-0.25, -0.2) is 4.98 Å². The lowest BCUT2D eigenvalue weighted by Crippen LogP contribution is -2.30. The van der Waals surface area contributed by atoms with Gasteiger partial charge in [-0.05, 0) is 36.4 Å². The number of amides is 1. The lowest BCUT2D eigenvalue weighted by molar-refractivity contribution is -0.143. The minimum Gasteiger partial charge on any atom is -0.456 e. The van der Waals surface area contributed by atoms with Gasteiger partial charge in [0.2, 0.25) is 0 Å². The van der Waals surface area contributed by atoms with Gasteiger partial charge in [0.25, 0.3) is 11.5 Å². The number of nitrogens with one attached hydrogen (secondary N) is 2. The predicted octanol–water partition coefficient (Wildman–Crippen LogP) is 2.05. The van der Waals surface area contributed by atoms with Crippen LogP contribution in [0.25, 0.3) is 10.9 Å². The quantitative estimate of drug-likeness (QED) is 0.668. The maximum atomic E-state index is 11.9. The van der Waals surface area contributed by atoms with Gasteiger partial charge in [0, 0.05) is 10.6 Å². The Labute approximate surface area is 153 Å².